The molecular weight excluding hydrogens is 371 g/mol. The number of halogens is 3. The first-order chi connectivity index (χ1) is 13.3. The molecule has 0 radical (unpaired) electrons. The summed E-state index contributed by atoms with van der Waals surface area (Å²) in [5.41, 5.74) is 1.40. The van der Waals surface area contributed by atoms with Gasteiger partial charge < -0.3 is 15.0 Å². The second-order valence-electron chi connectivity index (χ2n) is 6.18. The van der Waals surface area contributed by atoms with Crippen LogP contribution in [0, 0.1) is 11.3 Å². The fourth-order valence-electron chi connectivity index (χ4n) is 2.81. The fraction of sp³-hybridized carbons (Fsp3) is 0.200. The monoisotopic (exact) mass is 387 g/mol. The molecule has 1 heterocycles. The molecule has 144 valence electrons. The number of ether oxygens (including phenoxy) is 1. The number of nitrogens with zero attached hydrogens (tertiary/aromatic N) is 1. The van der Waals surface area contributed by atoms with Gasteiger partial charge in [0.15, 0.2) is 0 Å². The van der Waals surface area contributed by atoms with Crippen LogP contribution in [0.15, 0.2) is 42.6 Å². The molecule has 0 bridgehead atoms. The molecule has 0 saturated carbocycles. The van der Waals surface area contributed by atoms with E-state index in [0.717, 1.165) is 34.7 Å². The van der Waals surface area contributed by atoms with E-state index in [1.165, 1.54) is 6.92 Å². The van der Waals surface area contributed by atoms with Crippen molar-refractivity contribution >= 4 is 22.5 Å². The topological polar surface area (TPSA) is 77.9 Å². The van der Waals surface area contributed by atoms with Gasteiger partial charge in [0.2, 0.25) is 5.91 Å². The SMILES string of the molecule is CC(=O)Nc1c[nH]c2ccc(CCOc3ccc(C(F)(F)F)cc3C#N)cc12. The maximum absolute atomic E-state index is 12.7. The molecule has 5 nitrogen and oxygen atoms in total. The zero-order chi connectivity index (χ0) is 20.3. The number of carbonyl (C=O) groups excluding carboxylic acids is 1. The Kier molecular flexibility index (Phi) is 5.27. The second kappa shape index (κ2) is 7.64. The number of H-pyrrole nitrogens is 1. The summed E-state index contributed by atoms with van der Waals surface area (Å²) in [7, 11) is 0. The predicted octanol–water partition coefficient (Wildman–Crippen LogP) is 4.64. The van der Waals surface area contributed by atoms with Crippen LogP contribution in [-0.2, 0) is 17.4 Å². The molecule has 1 amide bonds. The number of hydrogen-bond acceptors (Lipinski definition) is 3. The highest BCUT2D eigenvalue weighted by atomic mass is 19.4. The molecule has 3 rings (SSSR count). The van der Waals surface area contributed by atoms with Gasteiger partial charge >= 0.3 is 6.18 Å². The predicted molar refractivity (Wildman–Crippen MR) is 98.0 cm³/mol. The third-order valence-corrected chi connectivity index (χ3v) is 4.13. The molecule has 0 fully saturated rings. The summed E-state index contributed by atoms with van der Waals surface area (Å²) in [5.74, 6) is -0.0712. The normalized spacial score (nSPS) is 11.2. The third-order valence-electron chi connectivity index (χ3n) is 4.13. The Balaban J connectivity index is 1.71. The van der Waals surface area contributed by atoms with Crippen LogP contribution in [0.1, 0.15) is 23.6 Å². The Morgan fingerprint density at radius 2 is 2.04 bits per heavy atom. The van der Waals surface area contributed by atoms with Crippen LogP contribution in [0.5, 0.6) is 5.75 Å². The first-order valence-electron chi connectivity index (χ1n) is 8.39. The van der Waals surface area contributed by atoms with E-state index in [0.29, 0.717) is 12.1 Å². The molecule has 2 N–H and O–H groups in total. The van der Waals surface area contributed by atoms with E-state index in [4.69, 9.17) is 10.00 Å². The quantitative estimate of drug-likeness (QED) is 0.670. The van der Waals surface area contributed by atoms with Crippen LogP contribution in [0.25, 0.3) is 10.9 Å². The Morgan fingerprint density at radius 3 is 2.71 bits per heavy atom. The maximum Gasteiger partial charge on any atom is 0.416 e. The lowest BCUT2D eigenvalue weighted by molar-refractivity contribution is -0.137. The van der Waals surface area contributed by atoms with Gasteiger partial charge in [-0.1, -0.05) is 6.07 Å². The van der Waals surface area contributed by atoms with Gasteiger partial charge in [0.05, 0.1) is 23.4 Å². The molecule has 28 heavy (non-hydrogen) atoms. The number of fused-ring (bicyclic) bond motifs is 1. The molecule has 0 aliphatic heterocycles. The van der Waals surface area contributed by atoms with Crippen molar-refractivity contribution in [2.75, 3.05) is 11.9 Å². The summed E-state index contributed by atoms with van der Waals surface area (Å²) in [6.45, 7) is 1.61. The number of carbonyl (C=O) groups is 1. The van der Waals surface area contributed by atoms with Crippen LogP contribution in [0.4, 0.5) is 18.9 Å². The van der Waals surface area contributed by atoms with Gasteiger partial charge in [-0.25, -0.2) is 0 Å². The number of benzene rings is 2. The summed E-state index contributed by atoms with van der Waals surface area (Å²) in [4.78, 5) is 14.3. The number of amides is 1. The number of nitrogens with one attached hydrogen (secondary N) is 2. The molecule has 3 aromatic rings. The zero-order valence-electron chi connectivity index (χ0n) is 14.9. The van der Waals surface area contributed by atoms with Gasteiger partial charge in [-0.15, -0.1) is 0 Å². The van der Waals surface area contributed by atoms with Crippen LogP contribution >= 0.6 is 0 Å². The number of nitriles is 1. The van der Waals surface area contributed by atoms with Gasteiger partial charge in [-0.05, 0) is 35.9 Å². The number of rotatable bonds is 5. The standard InChI is InChI=1S/C20H16F3N3O2/c1-12(27)26-18-11-25-17-4-2-13(8-16(17)18)6-7-28-19-5-3-15(20(21,22)23)9-14(19)10-24/h2-5,8-9,11,25H,6-7H2,1H3,(H,26,27). The van der Waals surface area contributed by atoms with Crippen LogP contribution in [0.3, 0.4) is 0 Å². The van der Waals surface area contributed by atoms with Crippen molar-refractivity contribution in [2.24, 2.45) is 0 Å². The Hall–Kier alpha value is -3.47. The lowest BCUT2D eigenvalue weighted by Crippen LogP contribution is -2.07. The molecule has 8 heteroatoms. The first-order valence-corrected chi connectivity index (χ1v) is 8.39. The maximum atomic E-state index is 12.7. The number of hydrogen-bond donors (Lipinski definition) is 2. The Bertz CT molecular complexity index is 1060. The summed E-state index contributed by atoms with van der Waals surface area (Å²) in [6.07, 6.45) is -2.33. The van der Waals surface area contributed by atoms with Crippen molar-refractivity contribution in [3.8, 4) is 11.8 Å². The van der Waals surface area contributed by atoms with Crippen LogP contribution < -0.4 is 10.1 Å². The second-order valence-corrected chi connectivity index (χ2v) is 6.18. The average Bonchev–Trinajstić information content (AvgIpc) is 3.02. The van der Waals surface area contributed by atoms with Crippen LogP contribution in [0.2, 0.25) is 0 Å². The number of aromatic nitrogens is 1. The van der Waals surface area contributed by atoms with Gasteiger partial charge in [-0.2, -0.15) is 18.4 Å². The van der Waals surface area contributed by atoms with E-state index in [9.17, 15) is 18.0 Å². The van der Waals surface area contributed by atoms with E-state index < -0.39 is 11.7 Å². The van der Waals surface area contributed by atoms with E-state index in [1.807, 2.05) is 18.2 Å². The number of aromatic amines is 1. The van der Waals surface area contributed by atoms with Crippen molar-refractivity contribution < 1.29 is 22.7 Å². The fourth-order valence-corrected chi connectivity index (χ4v) is 2.81. The highest BCUT2D eigenvalue weighted by Gasteiger charge is 2.31. The smallest absolute Gasteiger partial charge is 0.416 e. The summed E-state index contributed by atoms with van der Waals surface area (Å²) in [5, 5.41) is 12.7. The molecule has 0 aliphatic carbocycles. The Labute approximate surface area is 158 Å². The largest absolute Gasteiger partial charge is 0.492 e. The molecule has 0 atom stereocenters. The minimum absolute atomic E-state index is 0.108. The lowest BCUT2D eigenvalue weighted by Gasteiger charge is -2.11. The third kappa shape index (κ3) is 4.26. The number of alkyl halides is 3. The summed E-state index contributed by atoms with van der Waals surface area (Å²) < 4.78 is 43.7. The van der Waals surface area contributed by atoms with Gasteiger partial charge in [0, 0.05) is 30.4 Å². The molecule has 1 aromatic heterocycles. The van der Waals surface area contributed by atoms with Crippen molar-refractivity contribution in [3.05, 3.63) is 59.3 Å². The highest BCUT2D eigenvalue weighted by molar-refractivity contribution is 6.01. The molecule has 0 spiro atoms. The van der Waals surface area contributed by atoms with E-state index >= 15 is 0 Å². The lowest BCUT2D eigenvalue weighted by atomic mass is 10.1. The van der Waals surface area contributed by atoms with Crippen molar-refractivity contribution in [1.29, 1.82) is 5.26 Å². The number of anilines is 1. The van der Waals surface area contributed by atoms with Gasteiger partial charge in [-0.3, -0.25) is 4.79 Å². The van der Waals surface area contributed by atoms with Crippen molar-refractivity contribution in [2.45, 2.75) is 19.5 Å². The van der Waals surface area contributed by atoms with E-state index in [2.05, 4.69) is 10.3 Å². The average molecular weight is 387 g/mol. The minimum Gasteiger partial charge on any atom is -0.492 e. The summed E-state index contributed by atoms with van der Waals surface area (Å²) in [6, 6.07) is 10.2. The first kappa shape index (κ1) is 19.3. The van der Waals surface area contributed by atoms with Gasteiger partial charge in [0.25, 0.3) is 0 Å². The van der Waals surface area contributed by atoms with E-state index in [-0.39, 0.29) is 23.8 Å². The minimum atomic E-state index is -4.51. The highest BCUT2D eigenvalue weighted by Crippen LogP contribution is 2.32. The molecule has 2 aromatic carbocycles. The van der Waals surface area contributed by atoms with Crippen LogP contribution in [-0.4, -0.2) is 17.5 Å². The summed E-state index contributed by atoms with van der Waals surface area (Å²) >= 11 is 0. The molecule has 0 unspecified atom stereocenters. The molecule has 0 aliphatic rings. The molecule has 0 saturated heterocycles. The van der Waals surface area contributed by atoms with Gasteiger partial charge in [0.1, 0.15) is 11.8 Å². The van der Waals surface area contributed by atoms with Crippen molar-refractivity contribution in [3.63, 3.8) is 0 Å². The molecular formula is C20H16F3N3O2. The zero-order valence-corrected chi connectivity index (χ0v) is 14.9. The van der Waals surface area contributed by atoms with E-state index in [1.54, 1.807) is 12.3 Å². The van der Waals surface area contributed by atoms with Crippen molar-refractivity contribution in [1.82, 2.24) is 4.98 Å². The Morgan fingerprint density at radius 1 is 1.25 bits per heavy atom.